The van der Waals surface area contributed by atoms with Crippen LogP contribution in [0.15, 0.2) is 48.5 Å². The van der Waals surface area contributed by atoms with E-state index in [1.165, 1.54) is 0 Å². The van der Waals surface area contributed by atoms with Crippen molar-refractivity contribution >= 4 is 18.3 Å². The third-order valence-corrected chi connectivity index (χ3v) is 5.89. The van der Waals surface area contributed by atoms with E-state index in [0.717, 1.165) is 42.8 Å². The molecule has 1 saturated heterocycles. The van der Waals surface area contributed by atoms with E-state index >= 15 is 0 Å². The third kappa shape index (κ3) is 4.32. The van der Waals surface area contributed by atoms with Crippen molar-refractivity contribution in [3.8, 4) is 16.9 Å². The van der Waals surface area contributed by atoms with Crippen LogP contribution in [0.1, 0.15) is 23.2 Å². The summed E-state index contributed by atoms with van der Waals surface area (Å²) in [7, 11) is 1.64. The molecule has 2 aromatic rings. The van der Waals surface area contributed by atoms with E-state index in [9.17, 15) is 9.90 Å². The van der Waals surface area contributed by atoms with Crippen LogP contribution in [-0.4, -0.2) is 43.4 Å². The number of amides is 1. The number of benzene rings is 2. The first-order valence-corrected chi connectivity index (χ1v) is 9.58. The predicted octanol–water partition coefficient (Wildman–Crippen LogP) is 2.87. The molecule has 1 saturated carbocycles. The first kappa shape index (κ1) is 20.6. The number of aliphatic hydroxyl groups is 1. The molecule has 3 N–H and O–H groups in total. The molecule has 2 aromatic carbocycles. The minimum absolute atomic E-state index is 0. The van der Waals surface area contributed by atoms with Gasteiger partial charge in [-0.1, -0.05) is 24.3 Å². The van der Waals surface area contributed by atoms with Crippen molar-refractivity contribution in [3.05, 3.63) is 54.1 Å². The highest BCUT2D eigenvalue weighted by atomic mass is 35.5. The molecule has 2 fully saturated rings. The van der Waals surface area contributed by atoms with E-state index in [4.69, 9.17) is 4.74 Å². The number of nitrogens with one attached hydrogen (secondary N) is 2. The number of carbonyl (C=O) groups is 1. The summed E-state index contributed by atoms with van der Waals surface area (Å²) in [6, 6.07) is 15.2. The van der Waals surface area contributed by atoms with E-state index in [1.807, 2.05) is 48.5 Å². The Morgan fingerprint density at radius 1 is 1.07 bits per heavy atom. The van der Waals surface area contributed by atoms with Gasteiger partial charge in [0, 0.05) is 5.56 Å². The summed E-state index contributed by atoms with van der Waals surface area (Å²) in [4.78, 5) is 12.8. The lowest BCUT2D eigenvalue weighted by Gasteiger charge is -2.35. The zero-order valence-corrected chi connectivity index (χ0v) is 16.7. The van der Waals surface area contributed by atoms with E-state index in [2.05, 4.69) is 10.6 Å². The minimum atomic E-state index is -0.475. The summed E-state index contributed by atoms with van der Waals surface area (Å²) in [5.41, 5.74) is 2.57. The molecule has 0 spiro atoms. The molecule has 0 bridgehead atoms. The third-order valence-electron chi connectivity index (χ3n) is 5.89. The van der Waals surface area contributed by atoms with Gasteiger partial charge in [0.1, 0.15) is 5.75 Å². The fourth-order valence-electron chi connectivity index (χ4n) is 4.35. The Labute approximate surface area is 171 Å². The summed E-state index contributed by atoms with van der Waals surface area (Å²) < 4.78 is 5.29. The quantitative estimate of drug-likeness (QED) is 0.735. The van der Waals surface area contributed by atoms with Crippen molar-refractivity contribution in [2.75, 3.05) is 20.2 Å². The highest BCUT2D eigenvalue weighted by Crippen LogP contribution is 2.33. The molecule has 28 heavy (non-hydrogen) atoms. The van der Waals surface area contributed by atoms with Crippen LogP contribution in [0.4, 0.5) is 0 Å². The molecule has 1 heterocycles. The molecule has 2 aliphatic rings. The molecule has 0 aromatic heterocycles. The number of ether oxygens (including phenoxy) is 1. The first-order chi connectivity index (χ1) is 13.1. The lowest BCUT2D eigenvalue weighted by atomic mass is 9.77. The maximum Gasteiger partial charge on any atom is 0.251 e. The molecule has 0 radical (unpaired) electrons. The number of methoxy groups -OCH3 is 1. The summed E-state index contributed by atoms with van der Waals surface area (Å²) >= 11 is 0. The zero-order valence-electron chi connectivity index (χ0n) is 15.9. The van der Waals surface area contributed by atoms with Gasteiger partial charge in [0.15, 0.2) is 0 Å². The van der Waals surface area contributed by atoms with Gasteiger partial charge < -0.3 is 20.5 Å². The van der Waals surface area contributed by atoms with E-state index < -0.39 is 6.10 Å². The highest BCUT2D eigenvalue weighted by molar-refractivity contribution is 5.95. The van der Waals surface area contributed by atoms with E-state index in [1.54, 1.807) is 7.11 Å². The second-order valence-corrected chi connectivity index (χ2v) is 7.61. The molecular formula is C22H27ClN2O3. The van der Waals surface area contributed by atoms with Crippen LogP contribution in [-0.2, 0) is 0 Å². The number of hydrogen-bond acceptors (Lipinski definition) is 4. The maximum atomic E-state index is 12.8. The van der Waals surface area contributed by atoms with Crippen LogP contribution in [0.25, 0.3) is 11.1 Å². The molecular weight excluding hydrogens is 376 g/mol. The SMILES string of the molecule is COc1cccc(-c2cccc(C(=O)N[C@H]3C[C@H]4CNC[C@H]4C[C@@H]3O)c2)c1.Cl. The largest absolute Gasteiger partial charge is 0.497 e. The maximum absolute atomic E-state index is 12.8. The van der Waals surface area contributed by atoms with Crippen molar-refractivity contribution in [2.24, 2.45) is 11.8 Å². The van der Waals surface area contributed by atoms with Crippen molar-refractivity contribution < 1.29 is 14.6 Å². The Balaban J connectivity index is 0.00000225. The van der Waals surface area contributed by atoms with Gasteiger partial charge in [-0.3, -0.25) is 4.79 Å². The van der Waals surface area contributed by atoms with Crippen molar-refractivity contribution in [1.29, 1.82) is 0 Å². The number of halogens is 1. The normalized spacial score (nSPS) is 26.1. The molecule has 4 rings (SSSR count). The molecule has 5 nitrogen and oxygen atoms in total. The van der Waals surface area contributed by atoms with Crippen LogP contribution in [0, 0.1) is 11.8 Å². The summed E-state index contributed by atoms with van der Waals surface area (Å²) in [5, 5.41) is 16.9. The van der Waals surface area contributed by atoms with Gasteiger partial charge in [0.25, 0.3) is 5.91 Å². The van der Waals surface area contributed by atoms with Gasteiger partial charge in [0.2, 0.25) is 0 Å². The molecule has 1 amide bonds. The standard InChI is InChI=1S/C22H26N2O3.ClH/c1-27-19-7-3-5-15(9-19)14-4-2-6-16(8-14)22(26)24-20-10-17-12-23-13-18(17)11-21(20)25;/h2-9,17-18,20-21,23,25H,10-13H2,1H3,(H,24,26);1H/t17-,18+,20-,21-;/m0./s1. The molecule has 4 atom stereocenters. The van der Waals surface area contributed by atoms with Gasteiger partial charge >= 0.3 is 0 Å². The fraction of sp³-hybridized carbons (Fsp3) is 0.409. The van der Waals surface area contributed by atoms with Gasteiger partial charge in [0.05, 0.1) is 19.3 Å². The van der Waals surface area contributed by atoms with Gasteiger partial charge in [-0.25, -0.2) is 0 Å². The smallest absolute Gasteiger partial charge is 0.251 e. The second kappa shape index (κ2) is 8.95. The Bertz CT molecular complexity index is 829. The van der Waals surface area contributed by atoms with Crippen LogP contribution in [0.2, 0.25) is 0 Å². The van der Waals surface area contributed by atoms with Crippen molar-refractivity contribution in [2.45, 2.75) is 25.0 Å². The first-order valence-electron chi connectivity index (χ1n) is 9.58. The second-order valence-electron chi connectivity index (χ2n) is 7.61. The van der Waals surface area contributed by atoms with Crippen LogP contribution < -0.4 is 15.4 Å². The lowest BCUT2D eigenvalue weighted by molar-refractivity contribution is 0.0462. The monoisotopic (exact) mass is 402 g/mol. The molecule has 0 unspecified atom stereocenters. The lowest BCUT2D eigenvalue weighted by Crippen LogP contribution is -2.49. The van der Waals surface area contributed by atoms with Crippen LogP contribution in [0.5, 0.6) is 5.75 Å². The summed E-state index contributed by atoms with van der Waals surface area (Å²) in [5.74, 6) is 1.73. The molecule has 1 aliphatic carbocycles. The van der Waals surface area contributed by atoms with Crippen LogP contribution >= 0.6 is 12.4 Å². The Morgan fingerprint density at radius 2 is 1.75 bits per heavy atom. The van der Waals surface area contributed by atoms with Crippen molar-refractivity contribution in [1.82, 2.24) is 10.6 Å². The number of aliphatic hydroxyl groups excluding tert-OH is 1. The van der Waals surface area contributed by atoms with E-state index in [0.29, 0.717) is 17.4 Å². The number of hydrogen-bond donors (Lipinski definition) is 3. The van der Waals surface area contributed by atoms with E-state index in [-0.39, 0.29) is 24.4 Å². The molecule has 150 valence electrons. The average molecular weight is 403 g/mol. The number of carbonyl (C=O) groups excluding carboxylic acids is 1. The van der Waals surface area contributed by atoms with Crippen LogP contribution in [0.3, 0.4) is 0 Å². The summed E-state index contributed by atoms with van der Waals surface area (Å²) in [6.07, 6.45) is 1.11. The number of rotatable bonds is 4. The van der Waals surface area contributed by atoms with Crippen molar-refractivity contribution in [3.63, 3.8) is 0 Å². The Hall–Kier alpha value is -2.08. The summed E-state index contributed by atoms with van der Waals surface area (Å²) in [6.45, 7) is 1.96. The predicted molar refractivity (Wildman–Crippen MR) is 112 cm³/mol. The zero-order chi connectivity index (χ0) is 18.8. The van der Waals surface area contributed by atoms with Gasteiger partial charge in [-0.05, 0) is 73.2 Å². The average Bonchev–Trinajstić information content (AvgIpc) is 3.15. The fourth-order valence-corrected chi connectivity index (χ4v) is 4.35. The van der Waals surface area contributed by atoms with Gasteiger partial charge in [-0.15, -0.1) is 12.4 Å². The topological polar surface area (TPSA) is 70.6 Å². The molecule has 6 heteroatoms. The van der Waals surface area contributed by atoms with Gasteiger partial charge in [-0.2, -0.15) is 0 Å². The minimum Gasteiger partial charge on any atom is -0.497 e. The highest BCUT2D eigenvalue weighted by Gasteiger charge is 2.39. The number of fused-ring (bicyclic) bond motifs is 1. The Morgan fingerprint density at radius 3 is 2.50 bits per heavy atom. The molecule has 1 aliphatic heterocycles. The Kier molecular flexibility index (Phi) is 6.60.